The number of Topliss-reactive ketones (excluding diaryl/α,β-unsaturated/α-hetero) is 1. The van der Waals surface area contributed by atoms with E-state index in [0.29, 0.717) is 5.02 Å². The first kappa shape index (κ1) is 14.6. The topological polar surface area (TPSA) is 43.1 Å². The minimum Gasteiger partial charge on any atom is -0.394 e. The maximum Gasteiger partial charge on any atom is 0.431 e. The van der Waals surface area contributed by atoms with E-state index in [2.05, 4.69) is 0 Å². The average molecular weight is 278 g/mol. The highest BCUT2D eigenvalue weighted by molar-refractivity contribution is 6.30. The Balaban J connectivity index is 3.19. The lowest BCUT2D eigenvalue weighted by molar-refractivity contribution is -0.0935. The van der Waals surface area contributed by atoms with Gasteiger partial charge in [-0.1, -0.05) is 18.5 Å². The van der Waals surface area contributed by atoms with Gasteiger partial charge in [-0.3, -0.25) is 4.79 Å². The Hall–Kier alpha value is -1.49. The molecule has 0 bridgehead atoms. The molecule has 98 valence electrons. The third-order valence-electron chi connectivity index (χ3n) is 2.36. The predicted molar refractivity (Wildman–Crippen MR) is 63.3 cm³/mol. The standard InChI is InChI=1S/C12H11ClF3NO/c1-2-9(11(17)12(14,15)16)10(18)7-3-5-8(13)6-4-7/h3-6H,2,17H2,1H3. The quantitative estimate of drug-likeness (QED) is 0.676. The fourth-order valence-corrected chi connectivity index (χ4v) is 1.55. The minimum atomic E-state index is -4.70. The zero-order valence-corrected chi connectivity index (χ0v) is 10.3. The molecule has 0 aliphatic rings. The van der Waals surface area contributed by atoms with E-state index in [1.54, 1.807) is 0 Å². The van der Waals surface area contributed by atoms with Crippen molar-refractivity contribution < 1.29 is 18.0 Å². The lowest BCUT2D eigenvalue weighted by Crippen LogP contribution is -2.24. The van der Waals surface area contributed by atoms with Gasteiger partial charge in [0.15, 0.2) is 5.78 Å². The summed E-state index contributed by atoms with van der Waals surface area (Å²) in [5, 5.41) is 0.400. The highest BCUT2D eigenvalue weighted by Crippen LogP contribution is 2.27. The number of carbonyl (C=O) groups is 1. The van der Waals surface area contributed by atoms with Gasteiger partial charge in [-0.15, -0.1) is 0 Å². The van der Waals surface area contributed by atoms with E-state index in [9.17, 15) is 18.0 Å². The third-order valence-corrected chi connectivity index (χ3v) is 2.62. The molecule has 1 aromatic rings. The van der Waals surface area contributed by atoms with Crippen LogP contribution in [0.2, 0.25) is 5.02 Å². The molecule has 0 aliphatic heterocycles. The second-order valence-electron chi connectivity index (χ2n) is 3.58. The molecule has 0 aromatic heterocycles. The number of halogens is 4. The zero-order valence-electron chi connectivity index (χ0n) is 9.51. The summed E-state index contributed by atoms with van der Waals surface area (Å²) in [5.41, 5.74) is 3.33. The molecule has 2 N–H and O–H groups in total. The molecule has 0 fully saturated rings. The molecular formula is C12H11ClF3NO. The van der Waals surface area contributed by atoms with Crippen LogP contribution < -0.4 is 5.73 Å². The lowest BCUT2D eigenvalue weighted by atomic mass is 9.99. The molecule has 2 nitrogen and oxygen atoms in total. The summed E-state index contributed by atoms with van der Waals surface area (Å²) in [6, 6.07) is 5.60. The van der Waals surface area contributed by atoms with Gasteiger partial charge in [0.1, 0.15) is 5.70 Å². The van der Waals surface area contributed by atoms with Crippen molar-refractivity contribution in [1.29, 1.82) is 0 Å². The Kier molecular flexibility index (Phi) is 4.40. The van der Waals surface area contributed by atoms with Crippen LogP contribution in [0.1, 0.15) is 23.7 Å². The molecule has 18 heavy (non-hydrogen) atoms. The van der Waals surface area contributed by atoms with Crippen LogP contribution in [-0.4, -0.2) is 12.0 Å². The third kappa shape index (κ3) is 3.26. The van der Waals surface area contributed by atoms with E-state index in [4.69, 9.17) is 17.3 Å². The van der Waals surface area contributed by atoms with E-state index < -0.39 is 23.2 Å². The van der Waals surface area contributed by atoms with Gasteiger partial charge in [0.25, 0.3) is 0 Å². The summed E-state index contributed by atoms with van der Waals surface area (Å²) < 4.78 is 37.4. The average Bonchev–Trinajstić information content (AvgIpc) is 2.29. The minimum absolute atomic E-state index is 0.0905. The molecule has 0 radical (unpaired) electrons. The van der Waals surface area contributed by atoms with Crippen LogP contribution in [0.5, 0.6) is 0 Å². The van der Waals surface area contributed by atoms with Crippen LogP contribution in [0.4, 0.5) is 13.2 Å². The SMILES string of the molecule is CCC(C(=O)c1ccc(Cl)cc1)=C(N)C(F)(F)F. The van der Waals surface area contributed by atoms with Gasteiger partial charge in [-0.05, 0) is 30.7 Å². The first-order valence-electron chi connectivity index (χ1n) is 5.13. The fraction of sp³-hybridized carbons (Fsp3) is 0.250. The van der Waals surface area contributed by atoms with Gasteiger partial charge >= 0.3 is 6.18 Å². The van der Waals surface area contributed by atoms with E-state index in [-0.39, 0.29) is 12.0 Å². The maximum atomic E-state index is 12.5. The lowest BCUT2D eigenvalue weighted by Gasteiger charge is -2.12. The Labute approximate surface area is 107 Å². The molecule has 1 aromatic carbocycles. The van der Waals surface area contributed by atoms with Crippen LogP contribution in [0.25, 0.3) is 0 Å². The number of allylic oxidation sites excluding steroid dienone is 2. The zero-order chi connectivity index (χ0) is 13.9. The summed E-state index contributed by atoms with van der Waals surface area (Å²) in [4.78, 5) is 11.9. The van der Waals surface area contributed by atoms with Gasteiger partial charge in [0.2, 0.25) is 0 Å². The van der Waals surface area contributed by atoms with Gasteiger partial charge in [-0.25, -0.2) is 0 Å². The first-order chi connectivity index (χ1) is 8.27. The van der Waals surface area contributed by atoms with E-state index in [0.717, 1.165) is 0 Å². The van der Waals surface area contributed by atoms with Crippen LogP contribution in [0.15, 0.2) is 35.5 Å². The number of rotatable bonds is 3. The molecule has 0 amide bonds. The molecular weight excluding hydrogens is 267 g/mol. The Morgan fingerprint density at radius 3 is 2.17 bits per heavy atom. The van der Waals surface area contributed by atoms with Gasteiger partial charge < -0.3 is 5.73 Å². The summed E-state index contributed by atoms with van der Waals surface area (Å²) in [6.45, 7) is 1.45. The van der Waals surface area contributed by atoms with Crippen molar-refractivity contribution in [3.8, 4) is 0 Å². The predicted octanol–water partition coefficient (Wildman–Crippen LogP) is 3.71. The molecule has 1 rings (SSSR count). The number of alkyl halides is 3. The van der Waals surface area contributed by atoms with Crippen LogP contribution in [-0.2, 0) is 0 Å². The Morgan fingerprint density at radius 2 is 1.78 bits per heavy atom. The molecule has 0 unspecified atom stereocenters. The highest BCUT2D eigenvalue weighted by Gasteiger charge is 2.35. The van der Waals surface area contributed by atoms with Crippen LogP contribution >= 0.6 is 11.6 Å². The van der Waals surface area contributed by atoms with E-state index in [1.165, 1.54) is 31.2 Å². The second-order valence-corrected chi connectivity index (χ2v) is 4.02. The number of carbonyl (C=O) groups excluding carboxylic acids is 1. The maximum absolute atomic E-state index is 12.5. The fourth-order valence-electron chi connectivity index (χ4n) is 1.42. The molecule has 0 spiro atoms. The van der Waals surface area contributed by atoms with Gasteiger partial charge in [0, 0.05) is 16.2 Å². The van der Waals surface area contributed by atoms with Crippen LogP contribution in [0, 0.1) is 0 Å². The highest BCUT2D eigenvalue weighted by atomic mass is 35.5. The number of ketones is 1. The van der Waals surface area contributed by atoms with Crippen molar-refractivity contribution in [2.24, 2.45) is 5.73 Å². The molecule has 6 heteroatoms. The van der Waals surface area contributed by atoms with Gasteiger partial charge in [-0.2, -0.15) is 13.2 Å². The number of hydrogen-bond donors (Lipinski definition) is 1. The van der Waals surface area contributed by atoms with E-state index >= 15 is 0 Å². The monoisotopic (exact) mass is 277 g/mol. The second kappa shape index (κ2) is 5.44. The Bertz CT molecular complexity index is 477. The molecule has 0 atom stereocenters. The van der Waals surface area contributed by atoms with Crippen molar-refractivity contribution in [3.63, 3.8) is 0 Å². The molecule has 0 saturated carbocycles. The van der Waals surface area contributed by atoms with Crippen molar-refractivity contribution >= 4 is 17.4 Å². The summed E-state index contributed by atoms with van der Waals surface area (Å²) in [6.07, 6.45) is -4.79. The Morgan fingerprint density at radius 1 is 1.28 bits per heavy atom. The van der Waals surface area contributed by atoms with Crippen molar-refractivity contribution in [3.05, 3.63) is 46.1 Å². The largest absolute Gasteiger partial charge is 0.431 e. The summed E-state index contributed by atoms with van der Waals surface area (Å²) in [7, 11) is 0. The summed E-state index contributed by atoms with van der Waals surface area (Å²) >= 11 is 5.64. The first-order valence-corrected chi connectivity index (χ1v) is 5.51. The van der Waals surface area contributed by atoms with Crippen LogP contribution in [0.3, 0.4) is 0 Å². The van der Waals surface area contributed by atoms with E-state index in [1.807, 2.05) is 0 Å². The van der Waals surface area contributed by atoms with Crippen molar-refractivity contribution in [1.82, 2.24) is 0 Å². The number of nitrogens with two attached hydrogens (primary N) is 1. The normalized spacial score (nSPS) is 13.2. The molecule has 0 saturated heterocycles. The molecule has 0 heterocycles. The number of hydrogen-bond acceptors (Lipinski definition) is 2. The van der Waals surface area contributed by atoms with Crippen molar-refractivity contribution in [2.75, 3.05) is 0 Å². The van der Waals surface area contributed by atoms with Gasteiger partial charge in [0.05, 0.1) is 0 Å². The summed E-state index contributed by atoms with van der Waals surface area (Å²) in [5.74, 6) is -0.732. The number of benzene rings is 1. The van der Waals surface area contributed by atoms with Crippen molar-refractivity contribution in [2.45, 2.75) is 19.5 Å². The smallest absolute Gasteiger partial charge is 0.394 e. The molecule has 0 aliphatic carbocycles.